The van der Waals surface area contributed by atoms with Gasteiger partial charge in [0.15, 0.2) is 0 Å². The first-order valence-corrected chi connectivity index (χ1v) is 8.09. The molecule has 2 nitrogen and oxygen atoms in total. The molecule has 0 N–H and O–H groups in total. The Morgan fingerprint density at radius 3 is 2.29 bits per heavy atom. The van der Waals surface area contributed by atoms with E-state index in [0.29, 0.717) is 0 Å². The Balaban J connectivity index is 2.20. The Hall–Kier alpha value is -2.27. The summed E-state index contributed by atoms with van der Waals surface area (Å²) in [6.45, 7) is 0. The van der Waals surface area contributed by atoms with E-state index in [2.05, 4.69) is 10.7 Å². The number of ether oxygens (including phenoxy) is 1. The van der Waals surface area contributed by atoms with E-state index in [1.54, 1.807) is 0 Å². The van der Waals surface area contributed by atoms with E-state index < -0.39 is 0 Å². The number of hydrogen-bond acceptors (Lipinski definition) is 2. The Kier molecular flexibility index (Phi) is 5.84. The third-order valence-corrected chi connectivity index (χ3v) is 4.27. The third kappa shape index (κ3) is 4.96. The van der Waals surface area contributed by atoms with Crippen LogP contribution in [0.2, 0.25) is 0 Å². The molecule has 0 aliphatic heterocycles. The molecule has 0 aromatic heterocycles. The summed E-state index contributed by atoms with van der Waals surface area (Å²) in [6, 6.07) is 19.6. The molecule has 0 spiro atoms. The van der Waals surface area contributed by atoms with E-state index >= 15 is 0 Å². The number of methoxy groups -OCH3 is 1. The van der Waals surface area contributed by atoms with Crippen molar-refractivity contribution in [3.63, 3.8) is 0 Å². The number of esters is 1. The van der Waals surface area contributed by atoms with Crippen molar-refractivity contribution >= 4 is 25.4 Å². The zero-order chi connectivity index (χ0) is 14.9. The molecule has 2 aromatic rings. The third-order valence-electron chi connectivity index (χ3n) is 2.64. The molecule has 0 heterocycles. The molecule has 2 rings (SSSR count). The van der Waals surface area contributed by atoms with Crippen molar-refractivity contribution in [2.45, 2.75) is 0 Å². The number of carbonyl (C=O) groups excluding carboxylic acids is 1. The molecule has 21 heavy (non-hydrogen) atoms. The van der Waals surface area contributed by atoms with Crippen LogP contribution in [0.15, 0.2) is 66.7 Å². The summed E-state index contributed by atoms with van der Waals surface area (Å²) in [4.78, 5) is 14.7. The van der Waals surface area contributed by atoms with Crippen molar-refractivity contribution in [1.29, 1.82) is 0 Å². The second-order valence-electron chi connectivity index (χ2n) is 4.09. The Labute approximate surface area is 131 Å². The molecule has 0 aliphatic carbocycles. The molecule has 0 radical (unpaired) electrons. The molecule has 104 valence electrons. The predicted molar refractivity (Wildman–Crippen MR) is 85.5 cm³/mol. The van der Waals surface area contributed by atoms with Crippen LogP contribution in [-0.4, -0.2) is 28.0 Å². The summed E-state index contributed by atoms with van der Waals surface area (Å²) in [7, 11) is 1.38. The molecule has 0 fully saturated rings. The van der Waals surface area contributed by atoms with Gasteiger partial charge in [-0.05, 0) is 0 Å². The van der Waals surface area contributed by atoms with Gasteiger partial charge in [0.2, 0.25) is 0 Å². The first kappa shape index (κ1) is 15.1. The van der Waals surface area contributed by atoms with Gasteiger partial charge in [-0.15, -0.1) is 0 Å². The van der Waals surface area contributed by atoms with Gasteiger partial charge in [-0.25, -0.2) is 0 Å². The van der Waals surface area contributed by atoms with Gasteiger partial charge in [0.05, 0.1) is 0 Å². The molecule has 0 saturated heterocycles. The molecule has 3 heteroatoms. The predicted octanol–water partition coefficient (Wildman–Crippen LogP) is 2.91. The molecular formula is C18H14O2Se. The number of hydrogen-bond donors (Lipinski definition) is 0. The van der Waals surface area contributed by atoms with Crippen molar-refractivity contribution in [1.82, 2.24) is 0 Å². The average molecular weight is 341 g/mol. The van der Waals surface area contributed by atoms with E-state index in [0.717, 1.165) is 15.6 Å². The van der Waals surface area contributed by atoms with Crippen LogP contribution in [-0.2, 0) is 9.53 Å². The topological polar surface area (TPSA) is 26.3 Å². The van der Waals surface area contributed by atoms with Crippen LogP contribution in [0.3, 0.4) is 0 Å². The summed E-state index contributed by atoms with van der Waals surface area (Å²) in [5.74, 6) is 2.77. The summed E-state index contributed by atoms with van der Waals surface area (Å²) in [6.07, 6.45) is 1.52. The van der Waals surface area contributed by atoms with Gasteiger partial charge < -0.3 is 0 Å². The van der Waals surface area contributed by atoms with Gasteiger partial charge in [-0.2, -0.15) is 0 Å². The first-order valence-electron chi connectivity index (χ1n) is 6.37. The second-order valence-corrected chi connectivity index (χ2v) is 5.87. The fourth-order valence-electron chi connectivity index (χ4n) is 1.60. The molecule has 0 unspecified atom stereocenters. The first-order chi connectivity index (χ1) is 10.3. The Morgan fingerprint density at radius 1 is 1.05 bits per heavy atom. The zero-order valence-electron chi connectivity index (χ0n) is 11.6. The van der Waals surface area contributed by atoms with Gasteiger partial charge in [0, 0.05) is 0 Å². The van der Waals surface area contributed by atoms with E-state index in [9.17, 15) is 4.79 Å². The van der Waals surface area contributed by atoms with E-state index in [1.807, 2.05) is 60.7 Å². The minimum atomic E-state index is -0.350. The van der Waals surface area contributed by atoms with Crippen LogP contribution in [0.5, 0.6) is 0 Å². The summed E-state index contributed by atoms with van der Waals surface area (Å²) < 4.78 is 5.63. The number of carbonyl (C=O) groups is 1. The van der Waals surface area contributed by atoms with Crippen LogP contribution in [0.4, 0.5) is 0 Å². The Morgan fingerprint density at radius 2 is 1.67 bits per heavy atom. The summed E-state index contributed by atoms with van der Waals surface area (Å²) >= 11 is -0.120. The molecule has 0 bridgehead atoms. The van der Waals surface area contributed by atoms with Crippen molar-refractivity contribution in [3.05, 3.63) is 77.9 Å². The molecule has 0 amide bonds. The number of rotatable bonds is 3. The van der Waals surface area contributed by atoms with Gasteiger partial charge in [0.25, 0.3) is 0 Å². The van der Waals surface area contributed by atoms with Crippen LogP contribution >= 0.6 is 0 Å². The maximum absolute atomic E-state index is 11.5. The van der Waals surface area contributed by atoms with Crippen molar-refractivity contribution in [3.8, 4) is 10.7 Å². The Bertz CT molecular complexity index is 679. The van der Waals surface area contributed by atoms with Gasteiger partial charge in [0.1, 0.15) is 0 Å². The van der Waals surface area contributed by atoms with Gasteiger partial charge in [-0.3, -0.25) is 0 Å². The second kappa shape index (κ2) is 8.11. The van der Waals surface area contributed by atoms with Crippen LogP contribution in [0, 0.1) is 10.7 Å². The van der Waals surface area contributed by atoms with Crippen molar-refractivity contribution in [2.75, 3.05) is 7.11 Å². The van der Waals surface area contributed by atoms with Crippen LogP contribution < -0.4 is 0 Å². The average Bonchev–Trinajstić information content (AvgIpc) is 2.55. The van der Waals surface area contributed by atoms with Crippen molar-refractivity contribution in [2.24, 2.45) is 0 Å². The zero-order valence-corrected chi connectivity index (χ0v) is 13.3. The van der Waals surface area contributed by atoms with E-state index in [4.69, 9.17) is 4.74 Å². The molecule has 0 aliphatic rings. The normalized spacial score (nSPS) is 10.4. The van der Waals surface area contributed by atoms with Crippen LogP contribution in [0.25, 0.3) is 4.47 Å². The van der Waals surface area contributed by atoms with Gasteiger partial charge in [-0.1, -0.05) is 0 Å². The summed E-state index contributed by atoms with van der Waals surface area (Å²) in [5.41, 5.74) is 1.98. The van der Waals surface area contributed by atoms with E-state index in [1.165, 1.54) is 13.2 Å². The summed E-state index contributed by atoms with van der Waals surface area (Å²) in [5, 5.41) is 0. The molecule has 0 atom stereocenters. The maximum atomic E-state index is 11.5. The fourth-order valence-corrected chi connectivity index (χ4v) is 3.04. The fraction of sp³-hybridized carbons (Fsp3) is 0.0556. The number of benzene rings is 2. The van der Waals surface area contributed by atoms with Crippen LogP contribution in [0.1, 0.15) is 11.1 Å². The van der Waals surface area contributed by atoms with Crippen molar-refractivity contribution < 1.29 is 9.53 Å². The van der Waals surface area contributed by atoms with Gasteiger partial charge >= 0.3 is 131 Å². The monoisotopic (exact) mass is 342 g/mol. The molecule has 0 saturated carbocycles. The molecular weight excluding hydrogens is 327 g/mol. The SMILES string of the molecule is COC(=O)/C=C(/[Se]C#Cc1ccccc1)c1ccccc1. The molecule has 2 aromatic carbocycles. The standard InChI is InChI=1S/C18H14O2Se/c1-20-18(19)14-17(16-10-6-3-7-11-16)21-13-12-15-8-4-2-5-9-15/h2-11,14H,1H3/b17-14+. The quantitative estimate of drug-likeness (QED) is 0.371. The van der Waals surface area contributed by atoms with E-state index in [-0.39, 0.29) is 20.9 Å². The minimum absolute atomic E-state index is 0.120.